The minimum atomic E-state index is -4.19. The SMILES string of the molecule is CC(C)OP(C)(=O)OC(C)C.CC(C)OP(C)(=O)OC(C)C.CC(C)OP(C)(=O)OC(C)C.CC(C)OP(C)(=O)OC(C)C.[Mn+2].[O-][Cl+](O)(O)O. The van der Waals surface area contributed by atoms with Gasteiger partial charge in [-0.3, -0.25) is 18.3 Å². The van der Waals surface area contributed by atoms with Crippen LogP contribution >= 0.6 is 30.4 Å². The van der Waals surface area contributed by atoms with Crippen molar-refractivity contribution in [3.05, 3.63) is 0 Å². The van der Waals surface area contributed by atoms with Crippen LogP contribution in [0.15, 0.2) is 0 Å². The van der Waals surface area contributed by atoms with Gasteiger partial charge in [0.15, 0.2) is 0 Å². The van der Waals surface area contributed by atoms with E-state index >= 15 is 0 Å². The summed E-state index contributed by atoms with van der Waals surface area (Å²) in [5.41, 5.74) is 0. The molecule has 0 saturated carbocycles. The first-order valence-corrected chi connectivity index (χ1v) is 25.0. The Balaban J connectivity index is -0.000000123. The van der Waals surface area contributed by atoms with Gasteiger partial charge in [-0.1, -0.05) is 0 Å². The molecule has 50 heavy (non-hydrogen) atoms. The van der Waals surface area contributed by atoms with Crippen molar-refractivity contribution < 1.29 is 100 Å². The predicted octanol–water partition coefficient (Wildman–Crippen LogP) is 7.77. The zero-order valence-corrected chi connectivity index (χ0v) is 39.3. The van der Waals surface area contributed by atoms with Crippen LogP contribution in [0.4, 0.5) is 0 Å². The topological polar surface area (TPSA) is 226 Å². The van der Waals surface area contributed by atoms with Gasteiger partial charge in [-0.05, 0) is 111 Å². The Hall–Kier alpha value is 1.25. The van der Waals surface area contributed by atoms with Gasteiger partial charge in [-0.25, -0.2) is 0 Å². The first-order chi connectivity index (χ1) is 21.3. The van der Waals surface area contributed by atoms with Crippen LogP contribution in [-0.4, -0.2) is 89.5 Å². The van der Waals surface area contributed by atoms with Gasteiger partial charge >= 0.3 is 76.3 Å². The van der Waals surface area contributed by atoms with Crippen molar-refractivity contribution in [3.8, 4) is 0 Å². The quantitative estimate of drug-likeness (QED) is 0.0994. The Kier molecular flexibility index (Phi) is 38.5. The Morgan fingerprint density at radius 2 is 0.420 bits per heavy atom. The van der Waals surface area contributed by atoms with Crippen LogP contribution in [0.1, 0.15) is 111 Å². The van der Waals surface area contributed by atoms with Crippen molar-refractivity contribution in [1.29, 1.82) is 0 Å². The van der Waals surface area contributed by atoms with E-state index in [4.69, 9.17) is 54.8 Å². The average molecular weight is 878 g/mol. The third kappa shape index (κ3) is 67.4. The van der Waals surface area contributed by atoms with Gasteiger partial charge in [0, 0.05) is 26.7 Å². The minimum absolute atomic E-state index is 0. The molecule has 0 aliphatic rings. The molecule has 0 aliphatic carbocycles. The molecule has 0 amide bonds. The zero-order chi connectivity index (χ0) is 40.8. The second-order valence-corrected chi connectivity index (χ2v) is 21.5. The van der Waals surface area contributed by atoms with Crippen LogP contribution in [0.2, 0.25) is 0 Å². The summed E-state index contributed by atoms with van der Waals surface area (Å²) in [5.74, 6) is 0. The Morgan fingerprint density at radius 1 is 0.360 bits per heavy atom. The molecular weight excluding hydrogens is 807 g/mol. The fraction of sp³-hybridized carbons (Fsp3) is 1.00. The third-order valence-electron chi connectivity index (χ3n) is 3.22. The van der Waals surface area contributed by atoms with Gasteiger partial charge in [0.25, 0.3) is 0 Å². The summed E-state index contributed by atoms with van der Waals surface area (Å²) >= 11 is 0. The zero-order valence-electron chi connectivity index (χ0n) is 33.8. The van der Waals surface area contributed by atoms with E-state index in [0.29, 0.717) is 0 Å². The van der Waals surface area contributed by atoms with Crippen LogP contribution in [0.25, 0.3) is 0 Å². The summed E-state index contributed by atoms with van der Waals surface area (Å²) in [5, 5.41) is 0. The van der Waals surface area contributed by atoms with E-state index in [1.807, 2.05) is 111 Å². The summed E-state index contributed by atoms with van der Waals surface area (Å²) in [4.78, 5) is 0. The van der Waals surface area contributed by atoms with E-state index in [1.165, 1.54) is 26.7 Å². The first kappa shape index (κ1) is 63.2. The molecule has 0 rings (SSSR count). The van der Waals surface area contributed by atoms with Crippen LogP contribution in [0.3, 0.4) is 0 Å². The molecule has 1 radical (unpaired) electrons. The van der Waals surface area contributed by atoms with E-state index < -0.39 is 40.6 Å². The molecule has 0 aromatic carbocycles. The molecule has 0 bridgehead atoms. The Labute approximate surface area is 316 Å². The second kappa shape index (κ2) is 30.5. The summed E-state index contributed by atoms with van der Waals surface area (Å²) in [6.45, 7) is 35.3. The standard InChI is InChI=1S/4C7H17O3P.ClH3O4.Mn/c4*1-6(2)9-11(5,8)10-7(3)4;2-1(3,4)5;/h4*6-7H,1-5H3;2-4H;/q;;;;;+2. The van der Waals surface area contributed by atoms with E-state index in [9.17, 15) is 18.3 Å². The van der Waals surface area contributed by atoms with Crippen molar-refractivity contribution in [3.63, 3.8) is 0 Å². The Bertz CT molecular complexity index is 801. The van der Waals surface area contributed by atoms with Crippen molar-refractivity contribution >= 4 is 30.4 Å². The predicted molar refractivity (Wildman–Crippen MR) is 191 cm³/mol. The number of hydrogen-bond donors (Lipinski definition) is 3. The first-order valence-electron chi connectivity index (χ1n) is 15.8. The van der Waals surface area contributed by atoms with E-state index in [1.54, 1.807) is 0 Å². The van der Waals surface area contributed by atoms with Crippen molar-refractivity contribution in [2.24, 2.45) is 0 Å². The molecule has 16 nitrogen and oxygen atoms in total. The summed E-state index contributed by atoms with van der Waals surface area (Å²) < 4.78 is 116. The van der Waals surface area contributed by atoms with E-state index in [2.05, 4.69) is 0 Å². The van der Waals surface area contributed by atoms with Gasteiger partial charge in [0.1, 0.15) is 0 Å². The molecule has 0 aromatic rings. The maximum atomic E-state index is 11.4. The molecule has 3 N–H and O–H groups in total. The fourth-order valence-electron chi connectivity index (χ4n) is 3.16. The van der Waals surface area contributed by atoms with E-state index in [-0.39, 0.29) is 65.9 Å². The summed E-state index contributed by atoms with van der Waals surface area (Å²) in [7, 11) is -15.4. The molecule has 22 heteroatoms. The van der Waals surface area contributed by atoms with E-state index in [0.717, 1.165) is 0 Å². The van der Waals surface area contributed by atoms with Crippen LogP contribution in [0, 0.1) is 10.2 Å². The second-order valence-electron chi connectivity index (χ2n) is 12.8. The molecule has 311 valence electrons. The number of hydrogen-bond acceptors (Lipinski definition) is 16. The van der Waals surface area contributed by atoms with Crippen molar-refractivity contribution in [2.45, 2.75) is 160 Å². The van der Waals surface area contributed by atoms with Gasteiger partial charge in [-0.15, -0.1) is 0 Å². The molecule has 0 spiro atoms. The van der Waals surface area contributed by atoms with Crippen LogP contribution in [0.5, 0.6) is 0 Å². The van der Waals surface area contributed by atoms with Crippen molar-refractivity contribution in [2.75, 3.05) is 26.7 Å². The molecule has 0 aromatic heterocycles. The summed E-state index contributed by atoms with van der Waals surface area (Å²) in [6, 6.07) is 0. The average Bonchev–Trinajstić information content (AvgIpc) is 2.65. The van der Waals surface area contributed by atoms with Gasteiger partial charge in [-0.2, -0.15) is 0 Å². The molecule has 0 saturated heterocycles. The molecule has 0 unspecified atom stereocenters. The number of halogens is 1. The number of rotatable bonds is 16. The molecule has 0 aliphatic heterocycles. The Morgan fingerprint density at radius 3 is 0.460 bits per heavy atom. The third-order valence-corrected chi connectivity index (χ3v) is 9.66. The summed E-state index contributed by atoms with van der Waals surface area (Å²) in [6.07, 6.45) is -0.410. The molecule has 0 heterocycles. The van der Waals surface area contributed by atoms with Crippen LogP contribution < -0.4 is 4.66 Å². The normalized spacial score (nSPS) is 13.0. The fourth-order valence-corrected chi connectivity index (χ4v) is 9.49. The molecule has 0 fully saturated rings. The molecular formula is C28H71ClMnO16P4+2. The van der Waals surface area contributed by atoms with Gasteiger partial charge < -0.3 is 36.2 Å². The van der Waals surface area contributed by atoms with Gasteiger partial charge in [0.2, 0.25) is 0 Å². The monoisotopic (exact) mass is 877 g/mol. The van der Waals surface area contributed by atoms with Crippen molar-refractivity contribution in [1.82, 2.24) is 0 Å². The maximum absolute atomic E-state index is 11.4. The molecule has 0 atom stereocenters. The van der Waals surface area contributed by atoms with Gasteiger partial charge in [0.05, 0.1) is 48.8 Å². The van der Waals surface area contributed by atoms with Crippen LogP contribution in [-0.2, 0) is 71.5 Å².